The van der Waals surface area contributed by atoms with E-state index in [1.54, 1.807) is 13.2 Å². The molecule has 0 aliphatic heterocycles. The molecule has 0 radical (unpaired) electrons. The summed E-state index contributed by atoms with van der Waals surface area (Å²) in [5, 5.41) is 0.585. The maximum absolute atomic E-state index is 11.8. The van der Waals surface area contributed by atoms with Gasteiger partial charge in [-0.15, -0.1) is 0 Å². The van der Waals surface area contributed by atoms with Crippen molar-refractivity contribution in [3.05, 3.63) is 28.3 Å². The van der Waals surface area contributed by atoms with E-state index in [4.69, 9.17) is 16.3 Å². The van der Waals surface area contributed by atoms with Gasteiger partial charge in [0.05, 0.1) is 12.7 Å². The van der Waals surface area contributed by atoms with Crippen LogP contribution in [-0.2, 0) is 0 Å². The van der Waals surface area contributed by atoms with Gasteiger partial charge in [0.2, 0.25) is 0 Å². The second kappa shape index (κ2) is 5.35. The number of ether oxygens (including phenoxy) is 1. The molecule has 2 nitrogen and oxygen atoms in total. The Kier molecular flexibility index (Phi) is 4.36. The third-order valence-electron chi connectivity index (χ3n) is 2.53. The van der Waals surface area contributed by atoms with Crippen molar-refractivity contribution in [1.82, 2.24) is 0 Å². The van der Waals surface area contributed by atoms with E-state index in [1.165, 1.54) is 0 Å². The standard InChI is InChI=1S/C13H17ClO2/c1-5-12(15)11-7-9(14)6-10(8(2)3)13(11)16-4/h6-8H,5H2,1-4H3. The zero-order valence-corrected chi connectivity index (χ0v) is 10.9. The molecule has 0 spiro atoms. The average molecular weight is 241 g/mol. The van der Waals surface area contributed by atoms with Crippen molar-refractivity contribution in [3.8, 4) is 5.75 Å². The Labute approximate surface area is 102 Å². The highest BCUT2D eigenvalue weighted by molar-refractivity contribution is 6.31. The lowest BCUT2D eigenvalue weighted by atomic mass is 9.96. The number of carbonyl (C=O) groups is 1. The molecule has 0 N–H and O–H groups in total. The highest BCUT2D eigenvalue weighted by Crippen LogP contribution is 2.33. The molecule has 0 saturated heterocycles. The molecule has 0 heterocycles. The Balaban J connectivity index is 3.41. The summed E-state index contributed by atoms with van der Waals surface area (Å²) in [6.07, 6.45) is 0.453. The maximum Gasteiger partial charge on any atom is 0.166 e. The maximum atomic E-state index is 11.8. The first-order valence-electron chi connectivity index (χ1n) is 5.41. The van der Waals surface area contributed by atoms with E-state index in [9.17, 15) is 4.79 Å². The van der Waals surface area contributed by atoms with Gasteiger partial charge in [0.15, 0.2) is 5.78 Å². The van der Waals surface area contributed by atoms with Crippen LogP contribution in [0.15, 0.2) is 12.1 Å². The zero-order chi connectivity index (χ0) is 12.3. The van der Waals surface area contributed by atoms with Gasteiger partial charge >= 0.3 is 0 Å². The van der Waals surface area contributed by atoms with Crippen LogP contribution in [0.3, 0.4) is 0 Å². The van der Waals surface area contributed by atoms with Gasteiger partial charge < -0.3 is 4.74 Å². The summed E-state index contributed by atoms with van der Waals surface area (Å²) in [7, 11) is 1.58. The van der Waals surface area contributed by atoms with Gasteiger partial charge in [0, 0.05) is 11.4 Å². The van der Waals surface area contributed by atoms with Crippen LogP contribution in [0.1, 0.15) is 49.0 Å². The van der Waals surface area contributed by atoms with Gasteiger partial charge in [-0.25, -0.2) is 0 Å². The van der Waals surface area contributed by atoms with E-state index in [0.717, 1.165) is 5.56 Å². The predicted molar refractivity (Wildman–Crippen MR) is 66.7 cm³/mol. The molecule has 1 rings (SSSR count). The Morgan fingerprint density at radius 3 is 2.50 bits per heavy atom. The summed E-state index contributed by atoms with van der Waals surface area (Å²) < 4.78 is 5.34. The van der Waals surface area contributed by atoms with Crippen LogP contribution in [0, 0.1) is 0 Å². The van der Waals surface area contributed by atoms with Crippen LogP contribution in [0.4, 0.5) is 0 Å². The van der Waals surface area contributed by atoms with Crippen LogP contribution in [0.2, 0.25) is 5.02 Å². The molecule has 0 fully saturated rings. The highest BCUT2D eigenvalue weighted by atomic mass is 35.5. The molecule has 3 heteroatoms. The number of benzene rings is 1. The van der Waals surface area contributed by atoms with Gasteiger partial charge in [-0.05, 0) is 23.6 Å². The van der Waals surface area contributed by atoms with Gasteiger partial charge in [-0.3, -0.25) is 4.79 Å². The average Bonchev–Trinajstić information content (AvgIpc) is 2.26. The van der Waals surface area contributed by atoms with E-state index < -0.39 is 0 Å². The number of methoxy groups -OCH3 is 1. The third-order valence-corrected chi connectivity index (χ3v) is 2.75. The summed E-state index contributed by atoms with van der Waals surface area (Å²) >= 11 is 6.02. The molecule has 88 valence electrons. The van der Waals surface area contributed by atoms with E-state index in [1.807, 2.05) is 26.8 Å². The summed E-state index contributed by atoms with van der Waals surface area (Å²) in [5.74, 6) is 0.990. The molecule has 0 unspecified atom stereocenters. The normalized spacial score (nSPS) is 10.6. The van der Waals surface area contributed by atoms with E-state index >= 15 is 0 Å². The van der Waals surface area contributed by atoms with Gasteiger partial charge in [0.1, 0.15) is 5.75 Å². The van der Waals surface area contributed by atoms with Crippen molar-refractivity contribution in [2.24, 2.45) is 0 Å². The molecule has 0 bridgehead atoms. The van der Waals surface area contributed by atoms with Crippen molar-refractivity contribution in [3.63, 3.8) is 0 Å². The minimum Gasteiger partial charge on any atom is -0.496 e. The molecule has 1 aromatic carbocycles. The lowest BCUT2D eigenvalue weighted by Gasteiger charge is -2.15. The van der Waals surface area contributed by atoms with Gasteiger partial charge in [-0.2, -0.15) is 0 Å². The number of Topliss-reactive ketones (excluding diaryl/α,β-unsaturated/α-hetero) is 1. The lowest BCUT2D eigenvalue weighted by molar-refractivity contribution is 0.0985. The summed E-state index contributed by atoms with van der Waals surface area (Å²) in [5.41, 5.74) is 1.56. The number of carbonyl (C=O) groups excluding carboxylic acids is 1. The molecule has 0 aliphatic rings. The van der Waals surface area contributed by atoms with Crippen molar-refractivity contribution in [2.45, 2.75) is 33.1 Å². The van der Waals surface area contributed by atoms with E-state index in [0.29, 0.717) is 22.8 Å². The van der Waals surface area contributed by atoms with Crippen LogP contribution in [-0.4, -0.2) is 12.9 Å². The second-order valence-electron chi connectivity index (χ2n) is 4.01. The van der Waals surface area contributed by atoms with Crippen molar-refractivity contribution < 1.29 is 9.53 Å². The molecular formula is C13H17ClO2. The first-order valence-corrected chi connectivity index (χ1v) is 5.79. The third kappa shape index (κ3) is 2.56. The van der Waals surface area contributed by atoms with Crippen molar-refractivity contribution in [1.29, 1.82) is 0 Å². The monoisotopic (exact) mass is 240 g/mol. The first-order chi connectivity index (χ1) is 7.51. The summed E-state index contributed by atoms with van der Waals surface area (Å²) in [4.78, 5) is 11.8. The van der Waals surface area contributed by atoms with Gasteiger partial charge in [0.25, 0.3) is 0 Å². The minimum atomic E-state index is 0.0567. The summed E-state index contributed by atoms with van der Waals surface area (Å²) in [6, 6.07) is 3.54. The minimum absolute atomic E-state index is 0.0567. The SMILES string of the molecule is CCC(=O)c1cc(Cl)cc(C(C)C)c1OC. The molecule has 1 aromatic rings. The first kappa shape index (κ1) is 13.0. The molecule has 0 atom stereocenters. The van der Waals surface area contributed by atoms with Gasteiger partial charge in [-0.1, -0.05) is 32.4 Å². The topological polar surface area (TPSA) is 26.3 Å². The number of hydrogen-bond donors (Lipinski definition) is 0. The fourth-order valence-electron chi connectivity index (χ4n) is 1.67. The molecule has 0 aromatic heterocycles. The smallest absolute Gasteiger partial charge is 0.166 e. The van der Waals surface area contributed by atoms with Crippen LogP contribution >= 0.6 is 11.6 Å². The summed E-state index contributed by atoms with van der Waals surface area (Å²) in [6.45, 7) is 5.93. The van der Waals surface area contributed by atoms with Crippen LogP contribution in [0.25, 0.3) is 0 Å². The molecule has 0 amide bonds. The molecular weight excluding hydrogens is 224 g/mol. The quantitative estimate of drug-likeness (QED) is 0.742. The fraction of sp³-hybridized carbons (Fsp3) is 0.462. The number of halogens is 1. The highest BCUT2D eigenvalue weighted by Gasteiger charge is 2.17. The molecule has 16 heavy (non-hydrogen) atoms. The Bertz CT molecular complexity index is 397. The van der Waals surface area contributed by atoms with Crippen molar-refractivity contribution >= 4 is 17.4 Å². The fourth-order valence-corrected chi connectivity index (χ4v) is 1.90. The van der Waals surface area contributed by atoms with Crippen LogP contribution < -0.4 is 4.74 Å². The van der Waals surface area contributed by atoms with E-state index in [-0.39, 0.29) is 11.7 Å². The molecule has 0 saturated carbocycles. The predicted octanol–water partition coefficient (Wildman–Crippen LogP) is 4.06. The number of hydrogen-bond acceptors (Lipinski definition) is 2. The van der Waals surface area contributed by atoms with Crippen LogP contribution in [0.5, 0.6) is 5.75 Å². The number of ketones is 1. The van der Waals surface area contributed by atoms with Crippen molar-refractivity contribution in [2.75, 3.05) is 7.11 Å². The lowest BCUT2D eigenvalue weighted by Crippen LogP contribution is -2.04. The zero-order valence-electron chi connectivity index (χ0n) is 10.1. The van der Waals surface area contributed by atoms with E-state index in [2.05, 4.69) is 0 Å². The largest absolute Gasteiger partial charge is 0.496 e. The molecule has 0 aliphatic carbocycles. The Morgan fingerprint density at radius 1 is 1.44 bits per heavy atom. The Morgan fingerprint density at radius 2 is 2.06 bits per heavy atom. The number of rotatable bonds is 4. The second-order valence-corrected chi connectivity index (χ2v) is 4.44. The Hall–Kier alpha value is -1.02.